The molecule has 1 spiro atoms. The summed E-state index contributed by atoms with van der Waals surface area (Å²) in [6.45, 7) is 6.99. The van der Waals surface area contributed by atoms with E-state index >= 15 is 0 Å². The molecular weight excluding hydrogens is 528 g/mol. The molecule has 0 aliphatic carbocycles. The van der Waals surface area contributed by atoms with Crippen molar-refractivity contribution < 1.29 is 27.5 Å². The van der Waals surface area contributed by atoms with Crippen LogP contribution < -0.4 is 4.90 Å². The van der Waals surface area contributed by atoms with E-state index in [1.807, 2.05) is 6.92 Å². The van der Waals surface area contributed by atoms with Crippen LogP contribution in [0.5, 0.6) is 0 Å². The van der Waals surface area contributed by atoms with Crippen LogP contribution in [0.4, 0.5) is 10.5 Å². The smallest absolute Gasteiger partial charge is 0.421 e. The second kappa shape index (κ2) is 9.98. The van der Waals surface area contributed by atoms with Crippen molar-refractivity contribution in [2.24, 2.45) is 0 Å². The topological polar surface area (TPSA) is 101 Å². The summed E-state index contributed by atoms with van der Waals surface area (Å²) in [4.78, 5) is 42.4. The van der Waals surface area contributed by atoms with E-state index in [1.54, 1.807) is 87.5 Å². The van der Waals surface area contributed by atoms with Crippen LogP contribution in [0.2, 0.25) is 0 Å². The Hall–Kier alpha value is -3.82. The van der Waals surface area contributed by atoms with Gasteiger partial charge in [0.1, 0.15) is 5.60 Å². The first kappa shape index (κ1) is 27.7. The molecular formula is C31H32N2O6S. The van der Waals surface area contributed by atoms with Crippen molar-refractivity contribution in [3.8, 4) is 0 Å². The first-order valence-electron chi connectivity index (χ1n) is 13.2. The lowest BCUT2D eigenvalue weighted by atomic mass is 9.73. The molecule has 1 saturated heterocycles. The van der Waals surface area contributed by atoms with Gasteiger partial charge >= 0.3 is 6.09 Å². The molecule has 0 aromatic heterocycles. The number of ketones is 1. The van der Waals surface area contributed by atoms with Crippen molar-refractivity contribution in [2.45, 2.75) is 62.5 Å². The zero-order valence-electron chi connectivity index (χ0n) is 23.0. The first-order valence-corrected chi connectivity index (χ1v) is 14.6. The molecule has 208 valence electrons. The molecule has 3 aromatic rings. The van der Waals surface area contributed by atoms with Gasteiger partial charge in [-0.1, -0.05) is 66.2 Å². The maximum atomic E-state index is 14.4. The molecule has 2 amide bonds. The quantitative estimate of drug-likeness (QED) is 0.395. The summed E-state index contributed by atoms with van der Waals surface area (Å²) >= 11 is 0. The molecule has 5 rings (SSSR count). The third-order valence-electron chi connectivity index (χ3n) is 7.53. The molecule has 2 atom stereocenters. The highest BCUT2D eigenvalue weighted by Crippen LogP contribution is 2.53. The number of aryl methyl sites for hydroxylation is 1. The molecule has 40 heavy (non-hydrogen) atoms. The monoisotopic (exact) mass is 560 g/mol. The molecule has 8 nitrogen and oxygen atoms in total. The zero-order valence-corrected chi connectivity index (χ0v) is 23.8. The molecule has 0 bridgehead atoms. The van der Waals surface area contributed by atoms with E-state index in [-0.39, 0.29) is 30.1 Å². The summed E-state index contributed by atoms with van der Waals surface area (Å²) < 4.78 is 34.9. The minimum Gasteiger partial charge on any atom is -0.443 e. The van der Waals surface area contributed by atoms with Gasteiger partial charge in [0, 0.05) is 18.5 Å². The van der Waals surface area contributed by atoms with Crippen LogP contribution in [0, 0.1) is 6.92 Å². The predicted octanol–water partition coefficient (Wildman–Crippen LogP) is 5.25. The van der Waals surface area contributed by atoms with Crippen LogP contribution in [-0.4, -0.2) is 48.7 Å². The molecule has 0 saturated carbocycles. The van der Waals surface area contributed by atoms with Crippen LogP contribution in [0.15, 0.2) is 83.8 Å². The average molecular weight is 561 g/mol. The van der Waals surface area contributed by atoms with Crippen LogP contribution >= 0.6 is 0 Å². The van der Waals surface area contributed by atoms with Gasteiger partial charge < -0.3 is 4.74 Å². The summed E-state index contributed by atoms with van der Waals surface area (Å²) in [7, 11) is -4.09. The minimum absolute atomic E-state index is 0.00514. The summed E-state index contributed by atoms with van der Waals surface area (Å²) in [6, 6.07) is 20.9. The Kier molecular flexibility index (Phi) is 6.92. The second-order valence-corrected chi connectivity index (χ2v) is 13.2. The van der Waals surface area contributed by atoms with Crippen LogP contribution in [0.1, 0.15) is 55.1 Å². The lowest BCUT2D eigenvalue weighted by molar-refractivity contribution is -0.123. The van der Waals surface area contributed by atoms with Gasteiger partial charge in [0.2, 0.25) is 15.9 Å². The highest BCUT2D eigenvalue weighted by molar-refractivity contribution is 7.89. The van der Waals surface area contributed by atoms with Crippen LogP contribution in [-0.2, 0) is 25.0 Å². The van der Waals surface area contributed by atoms with E-state index in [4.69, 9.17) is 4.74 Å². The Morgan fingerprint density at radius 3 is 2.23 bits per heavy atom. The molecule has 0 radical (unpaired) electrons. The van der Waals surface area contributed by atoms with Crippen LogP contribution in [0.3, 0.4) is 0 Å². The number of sulfonamides is 1. The van der Waals surface area contributed by atoms with Crippen molar-refractivity contribution in [3.63, 3.8) is 0 Å². The number of hydrogen-bond acceptors (Lipinski definition) is 6. The normalized spacial score (nSPS) is 21.1. The van der Waals surface area contributed by atoms with Crippen molar-refractivity contribution in [2.75, 3.05) is 11.4 Å². The molecule has 2 aliphatic rings. The summed E-state index contributed by atoms with van der Waals surface area (Å²) in [5.74, 6) is -0.882. The van der Waals surface area contributed by atoms with Gasteiger partial charge in [-0.05, 0) is 57.9 Å². The summed E-state index contributed by atoms with van der Waals surface area (Å²) in [5, 5.41) is 0. The number of rotatable bonds is 5. The lowest BCUT2D eigenvalue weighted by Crippen LogP contribution is -2.53. The van der Waals surface area contributed by atoms with E-state index in [1.165, 1.54) is 16.4 Å². The highest BCUT2D eigenvalue weighted by atomic mass is 32.2. The third-order valence-corrected chi connectivity index (χ3v) is 9.45. The molecule has 0 N–H and O–H groups in total. The number of hydrogen-bond donors (Lipinski definition) is 0. The first-order chi connectivity index (χ1) is 18.9. The van der Waals surface area contributed by atoms with Gasteiger partial charge in [-0.2, -0.15) is 4.31 Å². The number of ether oxygens (including phenoxy) is 1. The van der Waals surface area contributed by atoms with Gasteiger partial charge in [-0.15, -0.1) is 0 Å². The predicted molar refractivity (Wildman–Crippen MR) is 151 cm³/mol. The van der Waals surface area contributed by atoms with E-state index in [0.717, 1.165) is 10.5 Å². The van der Waals surface area contributed by atoms with E-state index in [2.05, 4.69) is 0 Å². The fraction of sp³-hybridized carbons (Fsp3) is 0.323. The van der Waals surface area contributed by atoms with Gasteiger partial charge in [-0.3, -0.25) is 9.59 Å². The maximum absolute atomic E-state index is 14.4. The molecule has 1 fully saturated rings. The van der Waals surface area contributed by atoms with E-state index in [0.29, 0.717) is 16.8 Å². The molecule has 9 heteroatoms. The Bertz CT molecular complexity index is 1580. The van der Waals surface area contributed by atoms with Gasteiger partial charge in [0.05, 0.1) is 22.0 Å². The minimum atomic E-state index is -4.09. The Morgan fingerprint density at radius 1 is 0.950 bits per heavy atom. The standard InChI is InChI=1S/C31H32N2O6S/c1-21-14-16-23(17-15-21)40(37,38)32-19-18-31(27(32)20-26(34)22-10-6-5-7-11-22)24-12-8-9-13-25(24)33(28(31)35)29(36)39-30(2,3)4/h5-17,27H,18-20H2,1-4H3/t27-,31+/m1/s1. The number of benzene rings is 3. The van der Waals surface area contributed by atoms with Crippen molar-refractivity contribution >= 4 is 33.5 Å². The zero-order chi connectivity index (χ0) is 28.9. The van der Waals surface area contributed by atoms with Crippen molar-refractivity contribution in [3.05, 3.63) is 95.6 Å². The van der Waals surface area contributed by atoms with Gasteiger partial charge in [-0.25, -0.2) is 18.1 Å². The molecule has 2 aliphatic heterocycles. The number of imide groups is 1. The SMILES string of the molecule is Cc1ccc(S(=O)(=O)N2CC[C@@]3(C(=O)N(C(=O)OC(C)(C)C)c4ccccc43)[C@H]2CC(=O)c2ccccc2)cc1. The van der Waals surface area contributed by atoms with Crippen molar-refractivity contribution in [1.29, 1.82) is 0 Å². The lowest BCUT2D eigenvalue weighted by Gasteiger charge is -2.34. The molecule has 3 aromatic carbocycles. The number of fused-ring (bicyclic) bond motifs is 2. The number of carbonyl (C=O) groups is 3. The van der Waals surface area contributed by atoms with Crippen LogP contribution in [0.25, 0.3) is 0 Å². The average Bonchev–Trinajstić information content (AvgIpc) is 3.40. The largest absolute Gasteiger partial charge is 0.443 e. The second-order valence-electron chi connectivity index (χ2n) is 11.3. The Morgan fingerprint density at radius 2 is 1.57 bits per heavy atom. The number of carbonyl (C=O) groups excluding carboxylic acids is 3. The number of anilines is 1. The fourth-order valence-corrected chi connectivity index (χ4v) is 7.38. The van der Waals surface area contributed by atoms with E-state index in [9.17, 15) is 22.8 Å². The van der Waals surface area contributed by atoms with Crippen molar-refractivity contribution in [1.82, 2.24) is 4.31 Å². The molecule has 2 heterocycles. The molecule has 0 unspecified atom stereocenters. The Balaban J connectivity index is 1.65. The summed E-state index contributed by atoms with van der Waals surface area (Å²) in [6.07, 6.45) is -0.966. The van der Waals surface area contributed by atoms with E-state index < -0.39 is 39.1 Å². The third kappa shape index (κ3) is 4.63. The summed E-state index contributed by atoms with van der Waals surface area (Å²) in [5.41, 5.74) is -0.135. The maximum Gasteiger partial charge on any atom is 0.421 e. The number of amides is 2. The van der Waals surface area contributed by atoms with Gasteiger partial charge in [0.15, 0.2) is 5.78 Å². The number of nitrogens with zero attached hydrogens (tertiary/aromatic N) is 2. The van der Waals surface area contributed by atoms with Gasteiger partial charge in [0.25, 0.3) is 0 Å². The number of Topliss-reactive ketones (excluding diaryl/α,β-unsaturated/α-hetero) is 1. The number of para-hydroxylation sites is 1. The fourth-order valence-electron chi connectivity index (χ4n) is 5.70. The highest BCUT2D eigenvalue weighted by Gasteiger charge is 2.64. The Labute approximate surface area is 234 Å².